The molecule has 0 unspecified atom stereocenters. The van der Waals surface area contributed by atoms with Gasteiger partial charge in [-0.3, -0.25) is 4.90 Å². The van der Waals surface area contributed by atoms with E-state index in [4.69, 9.17) is 9.97 Å². The summed E-state index contributed by atoms with van der Waals surface area (Å²) >= 11 is 0. The zero-order valence-electron chi connectivity index (χ0n) is 15.4. The van der Waals surface area contributed by atoms with Crippen LogP contribution in [0.15, 0.2) is 12.4 Å². The molecule has 6 nitrogen and oxygen atoms in total. The predicted octanol–water partition coefficient (Wildman–Crippen LogP) is 2.57. The lowest BCUT2D eigenvalue weighted by Crippen LogP contribution is -2.26. The lowest BCUT2D eigenvalue weighted by atomic mass is 10.1. The van der Waals surface area contributed by atoms with Crippen LogP contribution in [0.4, 0.5) is 5.82 Å². The number of nitrogens with zero attached hydrogens (tertiary/aromatic N) is 4. The fraction of sp³-hybridized carbons (Fsp3) is 0.650. The minimum absolute atomic E-state index is 0.825. The topological polar surface area (TPSA) is 69.7 Å². The number of hydrogen-bond donors (Lipinski definition) is 2. The normalized spacial score (nSPS) is 20.6. The van der Waals surface area contributed by atoms with Gasteiger partial charge in [-0.15, -0.1) is 0 Å². The Morgan fingerprint density at radius 3 is 2.69 bits per heavy atom. The molecule has 3 aliphatic rings. The van der Waals surface area contributed by atoms with E-state index >= 15 is 0 Å². The number of aromatic nitrogens is 4. The van der Waals surface area contributed by atoms with Gasteiger partial charge in [-0.25, -0.2) is 15.0 Å². The van der Waals surface area contributed by atoms with Crippen molar-refractivity contribution >= 4 is 5.82 Å². The summed E-state index contributed by atoms with van der Waals surface area (Å²) in [5.41, 5.74) is 2.63. The summed E-state index contributed by atoms with van der Waals surface area (Å²) in [7, 11) is 0. The third kappa shape index (κ3) is 3.90. The molecule has 2 aromatic rings. The lowest BCUT2D eigenvalue weighted by molar-refractivity contribution is 0.273. The standard InChI is InChI=1S/C20H28N6/c1-2-14(1)11-18-24-17-6-10-26(13-19-21-7-8-22-19)9-5-16(17)20(25-18)23-12-15-3-4-15/h7-8,14-15H,1-6,9-13H2,(H,21,22)(H,23,24,25). The van der Waals surface area contributed by atoms with Crippen molar-refractivity contribution in [1.29, 1.82) is 0 Å². The van der Waals surface area contributed by atoms with E-state index in [1.54, 1.807) is 0 Å². The van der Waals surface area contributed by atoms with E-state index in [1.807, 2.05) is 12.4 Å². The maximum absolute atomic E-state index is 4.99. The smallest absolute Gasteiger partial charge is 0.133 e. The largest absolute Gasteiger partial charge is 0.369 e. The van der Waals surface area contributed by atoms with Crippen molar-refractivity contribution in [3.05, 3.63) is 35.3 Å². The van der Waals surface area contributed by atoms with E-state index in [0.717, 1.165) is 74.7 Å². The van der Waals surface area contributed by atoms with Gasteiger partial charge in [0, 0.05) is 50.4 Å². The highest BCUT2D eigenvalue weighted by Gasteiger charge is 2.27. The molecular weight excluding hydrogens is 324 g/mol. The molecule has 138 valence electrons. The third-order valence-electron chi connectivity index (χ3n) is 5.83. The summed E-state index contributed by atoms with van der Waals surface area (Å²) in [6.07, 6.45) is 12.3. The van der Waals surface area contributed by atoms with Crippen molar-refractivity contribution in [2.24, 2.45) is 11.8 Å². The van der Waals surface area contributed by atoms with Crippen LogP contribution in [-0.4, -0.2) is 44.5 Å². The first-order valence-corrected chi connectivity index (χ1v) is 10.2. The zero-order valence-corrected chi connectivity index (χ0v) is 15.4. The Hall–Kier alpha value is -1.95. The molecule has 2 saturated carbocycles. The number of anilines is 1. The lowest BCUT2D eigenvalue weighted by Gasteiger charge is -2.17. The van der Waals surface area contributed by atoms with Crippen LogP contribution in [0, 0.1) is 11.8 Å². The first-order chi connectivity index (χ1) is 12.8. The number of fused-ring (bicyclic) bond motifs is 1. The number of imidazole rings is 1. The molecule has 3 heterocycles. The summed E-state index contributed by atoms with van der Waals surface area (Å²) in [5, 5.41) is 3.67. The van der Waals surface area contributed by atoms with Crippen molar-refractivity contribution in [3.8, 4) is 0 Å². The second-order valence-corrected chi connectivity index (χ2v) is 8.20. The van der Waals surface area contributed by atoms with E-state index in [0.29, 0.717) is 0 Å². The Kier molecular flexibility index (Phi) is 4.36. The highest BCUT2D eigenvalue weighted by molar-refractivity contribution is 5.48. The van der Waals surface area contributed by atoms with Crippen molar-refractivity contribution in [3.63, 3.8) is 0 Å². The number of H-pyrrole nitrogens is 1. The first kappa shape index (κ1) is 16.2. The molecule has 0 bridgehead atoms. The van der Waals surface area contributed by atoms with E-state index in [1.165, 1.54) is 36.9 Å². The second-order valence-electron chi connectivity index (χ2n) is 8.20. The zero-order chi connectivity index (χ0) is 17.3. The van der Waals surface area contributed by atoms with E-state index in [2.05, 4.69) is 20.2 Å². The Balaban J connectivity index is 1.34. The van der Waals surface area contributed by atoms with Gasteiger partial charge in [-0.1, -0.05) is 0 Å². The van der Waals surface area contributed by atoms with Crippen LogP contribution in [0.25, 0.3) is 0 Å². The molecule has 2 aliphatic carbocycles. The average Bonchev–Trinajstić information content (AvgIpc) is 3.56. The maximum atomic E-state index is 4.99. The summed E-state index contributed by atoms with van der Waals surface area (Å²) < 4.78 is 0. The van der Waals surface area contributed by atoms with Crippen molar-refractivity contribution in [1.82, 2.24) is 24.8 Å². The average molecular weight is 352 g/mol. The number of nitrogens with one attached hydrogen (secondary N) is 2. The van der Waals surface area contributed by atoms with Crippen LogP contribution >= 0.6 is 0 Å². The molecule has 0 spiro atoms. The van der Waals surface area contributed by atoms with E-state index in [-0.39, 0.29) is 0 Å². The van der Waals surface area contributed by atoms with Crippen molar-refractivity contribution < 1.29 is 0 Å². The quantitative estimate of drug-likeness (QED) is 0.801. The Morgan fingerprint density at radius 2 is 1.92 bits per heavy atom. The summed E-state index contributed by atoms with van der Waals surface area (Å²) in [5.74, 6) is 4.91. The summed E-state index contributed by atoms with van der Waals surface area (Å²) in [4.78, 5) is 20.0. The molecule has 2 fully saturated rings. The fourth-order valence-electron chi connectivity index (χ4n) is 3.83. The SMILES string of the molecule is c1c[nH]c(CN2CCc3nc(CC4CC4)nc(NCC4CC4)c3CC2)n1. The minimum Gasteiger partial charge on any atom is -0.369 e. The molecule has 2 aromatic heterocycles. The van der Waals surface area contributed by atoms with E-state index < -0.39 is 0 Å². The molecule has 0 atom stereocenters. The Bertz CT molecular complexity index is 748. The van der Waals surface area contributed by atoms with Gasteiger partial charge < -0.3 is 10.3 Å². The van der Waals surface area contributed by atoms with Gasteiger partial charge in [0.2, 0.25) is 0 Å². The van der Waals surface area contributed by atoms with Crippen LogP contribution in [0.5, 0.6) is 0 Å². The van der Waals surface area contributed by atoms with Gasteiger partial charge in [-0.05, 0) is 43.9 Å². The van der Waals surface area contributed by atoms with Crippen LogP contribution in [-0.2, 0) is 25.8 Å². The van der Waals surface area contributed by atoms with Crippen LogP contribution in [0.3, 0.4) is 0 Å². The van der Waals surface area contributed by atoms with Crippen molar-refractivity contribution in [2.45, 2.75) is 51.5 Å². The van der Waals surface area contributed by atoms with Gasteiger partial charge in [0.1, 0.15) is 17.5 Å². The molecule has 5 rings (SSSR count). The molecule has 26 heavy (non-hydrogen) atoms. The second kappa shape index (κ2) is 6.99. The Morgan fingerprint density at radius 1 is 1.08 bits per heavy atom. The summed E-state index contributed by atoms with van der Waals surface area (Å²) in [6, 6.07) is 0. The number of hydrogen-bond acceptors (Lipinski definition) is 5. The van der Waals surface area contributed by atoms with E-state index in [9.17, 15) is 0 Å². The molecule has 0 amide bonds. The Labute approximate surface area is 154 Å². The van der Waals surface area contributed by atoms with Gasteiger partial charge in [-0.2, -0.15) is 0 Å². The molecule has 0 aromatic carbocycles. The predicted molar refractivity (Wildman–Crippen MR) is 101 cm³/mol. The molecule has 2 N–H and O–H groups in total. The van der Waals surface area contributed by atoms with Crippen molar-refractivity contribution in [2.75, 3.05) is 25.0 Å². The van der Waals surface area contributed by atoms with Crippen LogP contribution in [0.1, 0.15) is 48.6 Å². The first-order valence-electron chi connectivity index (χ1n) is 10.2. The number of aromatic amines is 1. The molecule has 6 heteroatoms. The fourth-order valence-corrected chi connectivity index (χ4v) is 3.83. The van der Waals surface area contributed by atoms with Crippen LogP contribution < -0.4 is 5.32 Å². The minimum atomic E-state index is 0.825. The monoisotopic (exact) mass is 352 g/mol. The summed E-state index contributed by atoms with van der Waals surface area (Å²) in [6.45, 7) is 4.03. The van der Waals surface area contributed by atoms with Gasteiger partial charge in [0.15, 0.2) is 0 Å². The van der Waals surface area contributed by atoms with Gasteiger partial charge in [0.25, 0.3) is 0 Å². The molecule has 1 aliphatic heterocycles. The highest BCUT2D eigenvalue weighted by atomic mass is 15.2. The maximum Gasteiger partial charge on any atom is 0.133 e. The third-order valence-corrected chi connectivity index (χ3v) is 5.83. The van der Waals surface area contributed by atoms with Gasteiger partial charge >= 0.3 is 0 Å². The molecule has 0 radical (unpaired) electrons. The highest BCUT2D eigenvalue weighted by Crippen LogP contribution is 2.33. The molecule has 0 saturated heterocycles. The van der Waals surface area contributed by atoms with Crippen LogP contribution in [0.2, 0.25) is 0 Å². The molecular formula is C20H28N6. The number of rotatable bonds is 7. The van der Waals surface area contributed by atoms with Gasteiger partial charge in [0.05, 0.1) is 12.2 Å².